The average Bonchev–Trinajstić information content (AvgIpc) is 3.10. The lowest BCUT2D eigenvalue weighted by atomic mass is 9.88. The molecule has 2 unspecified atom stereocenters. The summed E-state index contributed by atoms with van der Waals surface area (Å²) in [6.07, 6.45) is -13.2. The summed E-state index contributed by atoms with van der Waals surface area (Å²) < 4.78 is 62.5. The van der Waals surface area contributed by atoms with Crippen molar-refractivity contribution in [2.24, 2.45) is 11.7 Å². The third-order valence-corrected chi connectivity index (χ3v) is 8.14. The van der Waals surface area contributed by atoms with Gasteiger partial charge in [-0.05, 0) is 12.0 Å². The zero-order valence-corrected chi connectivity index (χ0v) is 31.1. The number of benzene rings is 1. The van der Waals surface area contributed by atoms with E-state index in [0.29, 0.717) is 6.42 Å². The van der Waals surface area contributed by atoms with Crippen molar-refractivity contribution in [3.63, 3.8) is 0 Å². The van der Waals surface area contributed by atoms with Crippen molar-refractivity contribution >= 4 is 36.1 Å². The first-order chi connectivity index (χ1) is 25.7. The number of hydrogen-bond acceptors (Lipinski definition) is 17. The van der Waals surface area contributed by atoms with Crippen LogP contribution in [0.15, 0.2) is 30.3 Å². The Morgan fingerprint density at radius 1 is 0.704 bits per heavy atom. The second-order valence-corrected chi connectivity index (χ2v) is 12.4. The second-order valence-electron chi connectivity index (χ2n) is 12.4. The number of alkyl carbamates (subject to hydrolysis) is 1. The zero-order valence-electron chi connectivity index (χ0n) is 31.1. The molecule has 0 spiro atoms. The maximum Gasteiger partial charge on any atom is 0.407 e. The summed E-state index contributed by atoms with van der Waals surface area (Å²) in [5.74, 6) is -3.52. The van der Waals surface area contributed by atoms with Gasteiger partial charge >= 0.3 is 36.1 Å². The molecule has 19 heteroatoms. The number of carbonyl (C=O) groups is 6. The van der Waals surface area contributed by atoms with Gasteiger partial charge < -0.3 is 63.2 Å². The maximum atomic E-state index is 12.4. The topological polar surface area (TPSA) is 242 Å². The van der Waals surface area contributed by atoms with E-state index in [9.17, 15) is 28.8 Å². The van der Waals surface area contributed by atoms with Crippen LogP contribution in [0.25, 0.3) is 0 Å². The molecule has 302 valence electrons. The maximum absolute atomic E-state index is 12.4. The zero-order chi connectivity index (χ0) is 39.8. The van der Waals surface area contributed by atoms with Crippen LogP contribution in [-0.2, 0) is 77.9 Å². The van der Waals surface area contributed by atoms with Gasteiger partial charge in [-0.25, -0.2) is 9.59 Å². The second kappa shape index (κ2) is 22.0. The molecule has 2 aliphatic rings. The molecule has 2 fully saturated rings. The SMILES string of the molecule is CC[C@@H]1OC(OCCOCCNC(=O)OCc2ccccc2)[C@@H](O[C@H]2O[C@H](COC(C)=O)C(OC(C)=O)[C@H](OC(N)=O)[C@@H]2OC(C)=O)[C@@H](OC(C)=O)[C@@H]1C. The molecular weight excluding hydrogens is 720 g/mol. The van der Waals surface area contributed by atoms with E-state index >= 15 is 0 Å². The fourth-order valence-electron chi connectivity index (χ4n) is 5.87. The van der Waals surface area contributed by atoms with Crippen LogP contribution >= 0.6 is 0 Å². The lowest BCUT2D eigenvalue weighted by Crippen LogP contribution is -2.65. The van der Waals surface area contributed by atoms with Crippen molar-refractivity contribution in [3.05, 3.63) is 35.9 Å². The van der Waals surface area contributed by atoms with E-state index in [1.807, 2.05) is 37.3 Å². The summed E-state index contributed by atoms with van der Waals surface area (Å²) in [4.78, 5) is 72.7. The van der Waals surface area contributed by atoms with E-state index in [-0.39, 0.29) is 33.0 Å². The van der Waals surface area contributed by atoms with Crippen LogP contribution in [0.5, 0.6) is 0 Å². The van der Waals surface area contributed by atoms with Crippen molar-refractivity contribution in [2.45, 2.75) is 110 Å². The number of esters is 4. The molecule has 1 aromatic rings. The first-order valence-corrected chi connectivity index (χ1v) is 17.4. The molecule has 0 bridgehead atoms. The first-order valence-electron chi connectivity index (χ1n) is 17.4. The van der Waals surface area contributed by atoms with Gasteiger partial charge in [-0.3, -0.25) is 19.2 Å². The standard InChI is InChI=1S/C35H50N2O17/c1-7-25-19(2)27(48-21(4)39)30(32(51-25)45-16-15-44-14-13-37-35(43)47-17-24-11-9-8-10-12-24)53-33-31(50-23(6)41)29(54-34(36)42)28(49-22(5)40)26(52-33)18-46-20(3)38/h8-12,19,25-33H,7,13-18H2,1-6H3,(H2,36,42)(H,37,43)/t19-,25+,26-,27+,28?,29+,30+,31+,32?,33-/m1/s1. The minimum Gasteiger partial charge on any atom is -0.463 e. The smallest absolute Gasteiger partial charge is 0.407 e. The molecule has 54 heavy (non-hydrogen) atoms. The number of hydrogen-bond donors (Lipinski definition) is 2. The molecule has 10 atom stereocenters. The molecule has 2 saturated heterocycles. The molecule has 0 aromatic heterocycles. The summed E-state index contributed by atoms with van der Waals surface area (Å²) in [5, 5.41) is 2.59. The van der Waals surface area contributed by atoms with Crippen molar-refractivity contribution < 1.29 is 80.9 Å². The molecule has 1 aromatic carbocycles. The van der Waals surface area contributed by atoms with Gasteiger partial charge in [-0.15, -0.1) is 0 Å². The highest BCUT2D eigenvalue weighted by molar-refractivity contribution is 5.69. The van der Waals surface area contributed by atoms with Crippen LogP contribution in [-0.4, -0.2) is 124 Å². The minimum atomic E-state index is -1.65. The van der Waals surface area contributed by atoms with Crippen molar-refractivity contribution in [1.29, 1.82) is 0 Å². The summed E-state index contributed by atoms with van der Waals surface area (Å²) in [5.41, 5.74) is 6.20. The molecule has 3 N–H and O–H groups in total. The number of amides is 2. The normalized spacial score (nSPS) is 27.8. The Morgan fingerprint density at radius 3 is 1.94 bits per heavy atom. The van der Waals surface area contributed by atoms with Crippen LogP contribution in [0.1, 0.15) is 53.5 Å². The van der Waals surface area contributed by atoms with Gasteiger partial charge in [0, 0.05) is 40.2 Å². The highest BCUT2D eigenvalue weighted by atomic mass is 16.8. The van der Waals surface area contributed by atoms with E-state index in [1.54, 1.807) is 6.92 Å². The fourth-order valence-corrected chi connectivity index (χ4v) is 5.87. The van der Waals surface area contributed by atoms with Gasteiger partial charge in [0.15, 0.2) is 30.9 Å². The molecule has 0 radical (unpaired) electrons. The number of ether oxygens (including phenoxy) is 11. The Labute approximate surface area is 312 Å². The molecule has 2 aliphatic heterocycles. The Morgan fingerprint density at radius 2 is 1.33 bits per heavy atom. The molecule has 0 aliphatic carbocycles. The van der Waals surface area contributed by atoms with Crippen LogP contribution in [0, 0.1) is 5.92 Å². The molecule has 0 saturated carbocycles. The summed E-state index contributed by atoms with van der Waals surface area (Å²) in [6.45, 7) is 7.98. The highest BCUT2D eigenvalue weighted by Crippen LogP contribution is 2.36. The Kier molecular flexibility index (Phi) is 17.8. The van der Waals surface area contributed by atoms with Gasteiger partial charge in [0.2, 0.25) is 0 Å². The Balaban J connectivity index is 1.78. The van der Waals surface area contributed by atoms with Crippen LogP contribution in [0.2, 0.25) is 0 Å². The van der Waals surface area contributed by atoms with Crippen LogP contribution < -0.4 is 11.1 Å². The lowest BCUT2D eigenvalue weighted by Gasteiger charge is -2.48. The number of nitrogens with two attached hydrogens (primary N) is 1. The number of nitrogens with one attached hydrogen (secondary N) is 1. The fraction of sp³-hybridized carbons (Fsp3) is 0.657. The van der Waals surface area contributed by atoms with Gasteiger partial charge in [0.1, 0.15) is 31.5 Å². The largest absolute Gasteiger partial charge is 0.463 e. The van der Waals surface area contributed by atoms with Crippen molar-refractivity contribution in [1.82, 2.24) is 5.32 Å². The number of primary amides is 1. The predicted molar refractivity (Wildman–Crippen MR) is 181 cm³/mol. The third-order valence-electron chi connectivity index (χ3n) is 8.14. The van der Waals surface area contributed by atoms with E-state index in [0.717, 1.165) is 26.3 Å². The molecule has 2 heterocycles. The van der Waals surface area contributed by atoms with Crippen LogP contribution in [0.3, 0.4) is 0 Å². The number of rotatable bonds is 18. The van der Waals surface area contributed by atoms with Gasteiger partial charge in [-0.2, -0.15) is 0 Å². The first kappa shape index (κ1) is 43.8. The summed E-state index contributed by atoms with van der Waals surface area (Å²) in [7, 11) is 0. The summed E-state index contributed by atoms with van der Waals surface area (Å²) >= 11 is 0. The predicted octanol–water partition coefficient (Wildman–Crippen LogP) is 1.65. The average molecular weight is 771 g/mol. The summed E-state index contributed by atoms with van der Waals surface area (Å²) in [6, 6.07) is 9.20. The van der Waals surface area contributed by atoms with Gasteiger partial charge in [0.05, 0.1) is 25.9 Å². The van der Waals surface area contributed by atoms with E-state index < -0.39 is 104 Å². The molecule has 2 amide bonds. The van der Waals surface area contributed by atoms with Crippen LogP contribution in [0.4, 0.5) is 9.59 Å². The number of carbonyl (C=O) groups excluding carboxylic acids is 6. The highest BCUT2D eigenvalue weighted by Gasteiger charge is 2.56. The van der Waals surface area contributed by atoms with Crippen molar-refractivity contribution in [2.75, 3.05) is 33.0 Å². The van der Waals surface area contributed by atoms with Gasteiger partial charge in [0.25, 0.3) is 0 Å². The Bertz CT molecular complexity index is 1400. The lowest BCUT2D eigenvalue weighted by molar-refractivity contribution is -0.362. The van der Waals surface area contributed by atoms with E-state index in [1.165, 1.54) is 6.92 Å². The quantitative estimate of drug-likeness (QED) is 0.122. The molecule has 19 nitrogen and oxygen atoms in total. The van der Waals surface area contributed by atoms with E-state index in [4.69, 9.17) is 57.8 Å². The van der Waals surface area contributed by atoms with Crippen molar-refractivity contribution in [3.8, 4) is 0 Å². The van der Waals surface area contributed by atoms with E-state index in [2.05, 4.69) is 5.32 Å². The third kappa shape index (κ3) is 14.0. The van der Waals surface area contributed by atoms with Gasteiger partial charge in [-0.1, -0.05) is 44.2 Å². The molecule has 3 rings (SSSR count). The Hall–Kier alpha value is -4.56. The molecular formula is C35H50N2O17. The monoisotopic (exact) mass is 770 g/mol. The minimum absolute atomic E-state index is 0.0386.